The molecule has 1 aromatic heterocycles. The van der Waals surface area contributed by atoms with E-state index in [1.54, 1.807) is 30.0 Å². The number of carboxylic acid groups (broad SMARTS) is 1. The van der Waals surface area contributed by atoms with Crippen LogP contribution in [0.4, 0.5) is 4.79 Å². The average Bonchev–Trinajstić information content (AvgIpc) is 3.31. The van der Waals surface area contributed by atoms with E-state index < -0.39 is 35.7 Å². The number of carbonyl (C=O) groups is 4. The minimum atomic E-state index is -1.07. The highest BCUT2D eigenvalue weighted by Gasteiger charge is 2.36. The van der Waals surface area contributed by atoms with E-state index in [2.05, 4.69) is 10.6 Å². The molecule has 214 valence electrons. The van der Waals surface area contributed by atoms with E-state index in [1.807, 2.05) is 38.3 Å². The summed E-state index contributed by atoms with van der Waals surface area (Å²) in [4.78, 5) is 51.6. The van der Waals surface area contributed by atoms with E-state index in [-0.39, 0.29) is 24.3 Å². The van der Waals surface area contributed by atoms with Gasteiger partial charge in [-0.3, -0.25) is 19.7 Å². The van der Waals surface area contributed by atoms with Crippen molar-refractivity contribution in [3.63, 3.8) is 0 Å². The Morgan fingerprint density at radius 2 is 1.95 bits per heavy atom. The van der Waals surface area contributed by atoms with Gasteiger partial charge < -0.3 is 24.8 Å². The summed E-state index contributed by atoms with van der Waals surface area (Å²) in [6.07, 6.45) is 3.26. The first kappa shape index (κ1) is 31.9. The van der Waals surface area contributed by atoms with E-state index in [4.69, 9.17) is 9.47 Å². The summed E-state index contributed by atoms with van der Waals surface area (Å²) in [6, 6.07) is 2.56. The molecule has 0 aromatic carbocycles. The Bertz CT molecular complexity index is 905. The van der Waals surface area contributed by atoms with Gasteiger partial charge in [0.2, 0.25) is 5.91 Å². The summed E-state index contributed by atoms with van der Waals surface area (Å²) >= 11 is 3.17. The fourth-order valence-electron chi connectivity index (χ4n) is 4.01. The predicted molar refractivity (Wildman–Crippen MR) is 148 cm³/mol. The van der Waals surface area contributed by atoms with Crippen LogP contribution in [0.3, 0.4) is 0 Å². The molecular formula is C26H41N3O7S2. The quantitative estimate of drug-likeness (QED) is 0.225. The van der Waals surface area contributed by atoms with E-state index in [0.29, 0.717) is 25.3 Å². The Balaban J connectivity index is 1.91. The molecule has 10 nitrogen and oxygen atoms in total. The number of alkyl carbamates (subject to hydrolysis) is 1. The number of hydrogen-bond acceptors (Lipinski definition) is 9. The molecule has 1 aromatic rings. The van der Waals surface area contributed by atoms with Crippen molar-refractivity contribution in [3.8, 4) is 0 Å². The molecule has 38 heavy (non-hydrogen) atoms. The maximum absolute atomic E-state index is 13.3. The lowest BCUT2D eigenvalue weighted by atomic mass is 10.1. The van der Waals surface area contributed by atoms with Gasteiger partial charge in [0.1, 0.15) is 18.2 Å². The molecule has 0 unspecified atom stereocenters. The summed E-state index contributed by atoms with van der Waals surface area (Å²) in [5.74, 6) is -1.39. The van der Waals surface area contributed by atoms with E-state index in [1.165, 1.54) is 4.90 Å². The van der Waals surface area contributed by atoms with Gasteiger partial charge in [0.05, 0.1) is 17.9 Å². The van der Waals surface area contributed by atoms with Gasteiger partial charge in [-0.25, -0.2) is 4.79 Å². The third-order valence-electron chi connectivity index (χ3n) is 5.71. The normalized spacial score (nSPS) is 18.9. The van der Waals surface area contributed by atoms with Crippen LogP contribution in [0, 0.1) is 0 Å². The number of unbranched alkanes of at least 4 members (excludes halogenated alkanes) is 3. The fraction of sp³-hybridized carbons (Fsp3) is 0.692. The molecule has 0 saturated carbocycles. The highest BCUT2D eigenvalue weighted by Crippen LogP contribution is 2.35. The molecule has 2 amide bonds. The summed E-state index contributed by atoms with van der Waals surface area (Å²) < 4.78 is 10.5. The number of rotatable bonds is 14. The topological polar surface area (TPSA) is 134 Å². The first-order valence-corrected chi connectivity index (χ1v) is 15.0. The number of esters is 1. The standard InChI is InChI=1S/C26H41N3O7S2/c1-5-35-24(33)18(11-8-6-7-9-13-27-25(34)36-26(2,3)4)28-19-17-38-21(20-12-10-14-37-20)15-29(23(19)32)16-22(30)31/h10,12,14,18-19,21,28H,5-9,11,13,15-17H2,1-4H3,(H,27,34)(H,30,31)/t18-,19-,21-/m0/s1. The van der Waals surface area contributed by atoms with Crippen molar-refractivity contribution >= 4 is 47.0 Å². The van der Waals surface area contributed by atoms with Gasteiger partial charge in [-0.1, -0.05) is 25.3 Å². The van der Waals surface area contributed by atoms with Crippen LogP contribution in [0.2, 0.25) is 0 Å². The second kappa shape index (κ2) is 15.9. The first-order valence-electron chi connectivity index (χ1n) is 13.0. The predicted octanol–water partition coefficient (Wildman–Crippen LogP) is 3.81. The molecule has 0 aliphatic carbocycles. The molecule has 3 N–H and O–H groups in total. The fourth-order valence-corrected chi connectivity index (χ4v) is 6.27. The number of hydrogen-bond donors (Lipinski definition) is 3. The lowest BCUT2D eigenvalue weighted by Gasteiger charge is -2.26. The second-order valence-electron chi connectivity index (χ2n) is 10.1. The molecule has 0 bridgehead atoms. The molecule has 1 fully saturated rings. The van der Waals surface area contributed by atoms with Crippen LogP contribution in [0.15, 0.2) is 17.5 Å². The maximum Gasteiger partial charge on any atom is 0.407 e. The van der Waals surface area contributed by atoms with Gasteiger partial charge >= 0.3 is 18.0 Å². The number of carboxylic acids is 1. The average molecular weight is 572 g/mol. The first-order chi connectivity index (χ1) is 18.0. The van der Waals surface area contributed by atoms with Crippen molar-refractivity contribution in [2.45, 2.75) is 82.7 Å². The number of aliphatic carboxylic acids is 1. The van der Waals surface area contributed by atoms with E-state index in [0.717, 1.165) is 30.6 Å². The van der Waals surface area contributed by atoms with Gasteiger partial charge in [0.25, 0.3) is 0 Å². The van der Waals surface area contributed by atoms with Crippen LogP contribution < -0.4 is 10.6 Å². The van der Waals surface area contributed by atoms with Crippen LogP contribution in [0.1, 0.15) is 69.9 Å². The monoisotopic (exact) mass is 571 g/mol. The number of amides is 2. The second-order valence-corrected chi connectivity index (χ2v) is 12.3. The van der Waals surface area contributed by atoms with Gasteiger partial charge in [-0.2, -0.15) is 0 Å². The number of thioether (sulfide) groups is 1. The van der Waals surface area contributed by atoms with Crippen LogP contribution in [-0.2, 0) is 23.9 Å². The van der Waals surface area contributed by atoms with Crippen LogP contribution >= 0.6 is 23.1 Å². The van der Waals surface area contributed by atoms with Crippen LogP contribution in [0.25, 0.3) is 0 Å². The minimum Gasteiger partial charge on any atom is -0.480 e. The maximum atomic E-state index is 13.3. The Kier molecular flexibility index (Phi) is 13.4. The third-order valence-corrected chi connectivity index (χ3v) is 8.17. The Morgan fingerprint density at radius 1 is 1.21 bits per heavy atom. The Hall–Kier alpha value is -2.31. The highest BCUT2D eigenvalue weighted by molar-refractivity contribution is 7.99. The van der Waals surface area contributed by atoms with Crippen molar-refractivity contribution in [2.24, 2.45) is 0 Å². The van der Waals surface area contributed by atoms with Crippen molar-refractivity contribution < 1.29 is 33.8 Å². The van der Waals surface area contributed by atoms with Crippen LogP contribution in [0.5, 0.6) is 0 Å². The summed E-state index contributed by atoms with van der Waals surface area (Å²) in [6.45, 7) is 7.82. The molecule has 3 atom stereocenters. The number of ether oxygens (including phenoxy) is 2. The summed E-state index contributed by atoms with van der Waals surface area (Å²) in [5.41, 5.74) is -0.536. The summed E-state index contributed by atoms with van der Waals surface area (Å²) in [5, 5.41) is 17.2. The highest BCUT2D eigenvalue weighted by atomic mass is 32.2. The molecule has 1 saturated heterocycles. The van der Waals surface area contributed by atoms with Crippen molar-refractivity contribution in [1.29, 1.82) is 0 Å². The van der Waals surface area contributed by atoms with Gasteiger partial charge in [0.15, 0.2) is 0 Å². The lowest BCUT2D eigenvalue weighted by Crippen LogP contribution is -2.53. The number of nitrogens with one attached hydrogen (secondary N) is 2. The molecule has 0 radical (unpaired) electrons. The zero-order chi connectivity index (χ0) is 28.1. The molecule has 2 heterocycles. The van der Waals surface area contributed by atoms with E-state index in [9.17, 15) is 24.3 Å². The minimum absolute atomic E-state index is 0.0274. The molecule has 2 rings (SSSR count). The largest absolute Gasteiger partial charge is 0.480 e. The van der Waals surface area contributed by atoms with Crippen molar-refractivity contribution in [3.05, 3.63) is 22.4 Å². The van der Waals surface area contributed by atoms with Gasteiger partial charge in [0, 0.05) is 23.7 Å². The van der Waals surface area contributed by atoms with Gasteiger partial charge in [-0.15, -0.1) is 23.1 Å². The number of thiophene rings is 1. The molecule has 1 aliphatic rings. The molecule has 0 spiro atoms. The Labute approximate surface area is 233 Å². The van der Waals surface area contributed by atoms with Crippen molar-refractivity contribution in [1.82, 2.24) is 15.5 Å². The van der Waals surface area contributed by atoms with Gasteiger partial charge in [-0.05, 0) is 52.0 Å². The molecule has 1 aliphatic heterocycles. The zero-order valence-corrected chi connectivity index (χ0v) is 24.3. The Morgan fingerprint density at radius 3 is 2.58 bits per heavy atom. The van der Waals surface area contributed by atoms with Crippen LogP contribution in [-0.4, -0.2) is 83.6 Å². The third kappa shape index (κ3) is 11.6. The summed E-state index contributed by atoms with van der Waals surface area (Å²) in [7, 11) is 0. The molecule has 12 heteroatoms. The SMILES string of the molecule is CCOC(=O)[C@H](CCCCCCNC(=O)OC(C)(C)C)N[C@H]1CS[C@H](c2cccs2)CN(CC(=O)O)C1=O. The molecular weight excluding hydrogens is 530 g/mol. The number of carbonyl (C=O) groups excluding carboxylic acids is 3. The lowest BCUT2D eigenvalue weighted by molar-refractivity contribution is -0.148. The number of nitrogens with zero attached hydrogens (tertiary/aromatic N) is 1. The smallest absolute Gasteiger partial charge is 0.407 e. The van der Waals surface area contributed by atoms with E-state index >= 15 is 0 Å². The van der Waals surface area contributed by atoms with Crippen molar-refractivity contribution in [2.75, 3.05) is 32.0 Å². The zero-order valence-electron chi connectivity index (χ0n) is 22.7.